The molecule has 1 saturated carbocycles. The predicted molar refractivity (Wildman–Crippen MR) is 85.8 cm³/mol. The fraction of sp³-hybridized carbons (Fsp3) is 0.556. The van der Waals surface area contributed by atoms with E-state index in [-0.39, 0.29) is 0 Å². The molecule has 1 fully saturated rings. The molecule has 2 heteroatoms. The molecule has 2 nitrogen and oxygen atoms in total. The molecule has 0 aromatic heterocycles. The number of anilines is 1. The van der Waals surface area contributed by atoms with Gasteiger partial charge in [-0.05, 0) is 43.5 Å². The minimum atomic E-state index is 0.650. The van der Waals surface area contributed by atoms with Crippen LogP contribution in [-0.2, 0) is 6.54 Å². The Morgan fingerprint density at radius 3 is 2.75 bits per heavy atom. The van der Waals surface area contributed by atoms with E-state index in [0.717, 1.165) is 31.5 Å². The van der Waals surface area contributed by atoms with Crippen molar-refractivity contribution in [3.8, 4) is 0 Å². The molecule has 3 unspecified atom stereocenters. The van der Waals surface area contributed by atoms with E-state index in [0.29, 0.717) is 6.04 Å². The molecule has 2 aliphatic rings. The van der Waals surface area contributed by atoms with Gasteiger partial charge in [-0.3, -0.25) is 4.90 Å². The van der Waals surface area contributed by atoms with Gasteiger partial charge in [0.1, 0.15) is 0 Å². The summed E-state index contributed by atoms with van der Waals surface area (Å²) < 4.78 is 0. The van der Waals surface area contributed by atoms with Crippen molar-refractivity contribution in [1.29, 1.82) is 0 Å². The minimum absolute atomic E-state index is 0.650. The first kappa shape index (κ1) is 13.7. The normalized spacial score (nSPS) is 27.4. The van der Waals surface area contributed by atoms with Crippen molar-refractivity contribution in [2.75, 3.05) is 18.4 Å². The zero-order valence-corrected chi connectivity index (χ0v) is 12.7. The predicted octanol–water partition coefficient (Wildman–Crippen LogP) is 3.90. The fourth-order valence-corrected chi connectivity index (χ4v) is 3.57. The van der Waals surface area contributed by atoms with Gasteiger partial charge in [-0.1, -0.05) is 44.2 Å². The first-order valence-corrected chi connectivity index (χ1v) is 8.05. The number of benzene rings is 1. The number of rotatable bonds is 6. The van der Waals surface area contributed by atoms with Crippen LogP contribution >= 0.6 is 0 Å². The van der Waals surface area contributed by atoms with Gasteiger partial charge in [0.15, 0.2) is 0 Å². The molecule has 108 valence electrons. The van der Waals surface area contributed by atoms with Crippen molar-refractivity contribution in [1.82, 2.24) is 4.90 Å². The molecule has 0 bridgehead atoms. The van der Waals surface area contributed by atoms with Gasteiger partial charge in [0, 0.05) is 24.2 Å². The van der Waals surface area contributed by atoms with Crippen LogP contribution in [0.5, 0.6) is 0 Å². The standard InChI is InChI=1S/C18H26N2/c1-3-20(4-2)13-15-8-5-6-11-17(15)19-18-12-14-9-7-10-16(14)18/h5-8,10-11,14,16,18-19H,3-4,9,12-13H2,1-2H3. The minimum Gasteiger partial charge on any atom is -0.381 e. The van der Waals surface area contributed by atoms with E-state index in [2.05, 4.69) is 60.5 Å². The molecule has 0 spiro atoms. The lowest BCUT2D eigenvalue weighted by atomic mass is 9.71. The third-order valence-corrected chi connectivity index (χ3v) is 5.01. The van der Waals surface area contributed by atoms with Gasteiger partial charge >= 0.3 is 0 Å². The van der Waals surface area contributed by atoms with Gasteiger partial charge in [0.2, 0.25) is 0 Å². The second-order valence-corrected chi connectivity index (χ2v) is 6.11. The van der Waals surface area contributed by atoms with Crippen molar-refractivity contribution >= 4 is 5.69 Å². The largest absolute Gasteiger partial charge is 0.381 e. The highest BCUT2D eigenvalue weighted by molar-refractivity contribution is 5.52. The number of hydrogen-bond acceptors (Lipinski definition) is 2. The lowest BCUT2D eigenvalue weighted by Crippen LogP contribution is -2.43. The zero-order valence-electron chi connectivity index (χ0n) is 12.7. The summed E-state index contributed by atoms with van der Waals surface area (Å²) in [5.74, 6) is 1.69. The zero-order chi connectivity index (χ0) is 13.9. The highest BCUT2D eigenvalue weighted by atomic mass is 15.1. The van der Waals surface area contributed by atoms with E-state index < -0.39 is 0 Å². The molecule has 0 saturated heterocycles. The second kappa shape index (κ2) is 6.01. The van der Waals surface area contributed by atoms with Crippen LogP contribution in [0.25, 0.3) is 0 Å². The highest BCUT2D eigenvalue weighted by Crippen LogP contribution is 2.44. The summed E-state index contributed by atoms with van der Waals surface area (Å²) in [5, 5.41) is 3.79. The molecule has 3 atom stereocenters. The van der Waals surface area contributed by atoms with Crippen LogP contribution in [0.15, 0.2) is 36.4 Å². The summed E-state index contributed by atoms with van der Waals surface area (Å²) in [6.07, 6.45) is 7.40. The molecule has 20 heavy (non-hydrogen) atoms. The van der Waals surface area contributed by atoms with E-state index in [9.17, 15) is 0 Å². The first-order chi connectivity index (χ1) is 9.81. The Labute approximate surface area is 122 Å². The Kier molecular flexibility index (Phi) is 4.11. The number of nitrogens with zero attached hydrogens (tertiary/aromatic N) is 1. The molecular formula is C18H26N2. The second-order valence-electron chi connectivity index (χ2n) is 6.11. The summed E-state index contributed by atoms with van der Waals surface area (Å²) in [5.41, 5.74) is 2.77. The number of allylic oxidation sites excluding steroid dienone is 1. The van der Waals surface area contributed by atoms with Crippen molar-refractivity contribution in [2.45, 2.75) is 39.3 Å². The molecule has 2 aliphatic carbocycles. The lowest BCUT2D eigenvalue weighted by molar-refractivity contribution is 0.217. The van der Waals surface area contributed by atoms with Crippen molar-refractivity contribution in [3.05, 3.63) is 42.0 Å². The molecule has 3 rings (SSSR count). The van der Waals surface area contributed by atoms with E-state index in [4.69, 9.17) is 0 Å². The summed E-state index contributed by atoms with van der Waals surface area (Å²) in [6.45, 7) is 7.75. The van der Waals surface area contributed by atoms with Crippen molar-refractivity contribution in [3.63, 3.8) is 0 Å². The van der Waals surface area contributed by atoms with Crippen LogP contribution in [0, 0.1) is 11.8 Å². The summed E-state index contributed by atoms with van der Waals surface area (Å²) in [4.78, 5) is 2.47. The maximum atomic E-state index is 3.79. The van der Waals surface area contributed by atoms with Gasteiger partial charge in [-0.25, -0.2) is 0 Å². The van der Waals surface area contributed by atoms with Crippen LogP contribution in [0.4, 0.5) is 5.69 Å². The Bertz CT molecular complexity index is 476. The Balaban J connectivity index is 1.68. The Morgan fingerprint density at radius 1 is 1.20 bits per heavy atom. The molecule has 1 aromatic rings. The Morgan fingerprint density at radius 2 is 2.00 bits per heavy atom. The molecule has 1 N–H and O–H groups in total. The van der Waals surface area contributed by atoms with Crippen LogP contribution in [0.3, 0.4) is 0 Å². The maximum Gasteiger partial charge on any atom is 0.0388 e. The average Bonchev–Trinajstić information content (AvgIpc) is 2.84. The van der Waals surface area contributed by atoms with E-state index in [1.165, 1.54) is 24.1 Å². The maximum absolute atomic E-state index is 3.79. The van der Waals surface area contributed by atoms with Gasteiger partial charge < -0.3 is 5.32 Å². The third kappa shape index (κ3) is 2.62. The fourth-order valence-electron chi connectivity index (χ4n) is 3.57. The van der Waals surface area contributed by atoms with Gasteiger partial charge in [-0.2, -0.15) is 0 Å². The number of hydrogen-bond donors (Lipinski definition) is 1. The third-order valence-electron chi connectivity index (χ3n) is 5.01. The monoisotopic (exact) mass is 270 g/mol. The van der Waals surface area contributed by atoms with E-state index in [1.807, 2.05) is 0 Å². The number of nitrogens with one attached hydrogen (secondary N) is 1. The molecule has 0 radical (unpaired) electrons. The van der Waals surface area contributed by atoms with Gasteiger partial charge in [0.05, 0.1) is 0 Å². The molecule has 0 aliphatic heterocycles. The number of fused-ring (bicyclic) bond motifs is 1. The van der Waals surface area contributed by atoms with Gasteiger partial charge in [0.25, 0.3) is 0 Å². The molecular weight excluding hydrogens is 244 g/mol. The van der Waals surface area contributed by atoms with Crippen LogP contribution < -0.4 is 5.32 Å². The lowest BCUT2D eigenvalue weighted by Gasteiger charge is -2.41. The molecule has 0 heterocycles. The SMILES string of the molecule is CCN(CC)Cc1ccccc1NC1CC2CC=CC21. The molecule has 1 aromatic carbocycles. The summed E-state index contributed by atoms with van der Waals surface area (Å²) in [7, 11) is 0. The van der Waals surface area contributed by atoms with Crippen molar-refractivity contribution in [2.24, 2.45) is 11.8 Å². The van der Waals surface area contributed by atoms with E-state index in [1.54, 1.807) is 0 Å². The Hall–Kier alpha value is -1.28. The van der Waals surface area contributed by atoms with Crippen LogP contribution in [-0.4, -0.2) is 24.0 Å². The molecule has 0 amide bonds. The first-order valence-electron chi connectivity index (χ1n) is 8.05. The average molecular weight is 270 g/mol. The van der Waals surface area contributed by atoms with Crippen molar-refractivity contribution < 1.29 is 0 Å². The van der Waals surface area contributed by atoms with Crippen LogP contribution in [0.2, 0.25) is 0 Å². The van der Waals surface area contributed by atoms with E-state index >= 15 is 0 Å². The number of para-hydroxylation sites is 1. The smallest absolute Gasteiger partial charge is 0.0388 e. The summed E-state index contributed by atoms with van der Waals surface area (Å²) in [6, 6.07) is 9.46. The van der Waals surface area contributed by atoms with Crippen LogP contribution in [0.1, 0.15) is 32.3 Å². The highest BCUT2D eigenvalue weighted by Gasteiger charge is 2.41. The van der Waals surface area contributed by atoms with Gasteiger partial charge in [-0.15, -0.1) is 0 Å². The topological polar surface area (TPSA) is 15.3 Å². The summed E-state index contributed by atoms with van der Waals surface area (Å²) >= 11 is 0. The quantitative estimate of drug-likeness (QED) is 0.789.